The van der Waals surface area contributed by atoms with E-state index in [2.05, 4.69) is 15.1 Å². The number of thioether (sulfide) groups is 1. The summed E-state index contributed by atoms with van der Waals surface area (Å²) in [6, 6.07) is 3.67. The number of benzene rings is 1. The number of rotatable bonds is 3. The minimum absolute atomic E-state index is 0.204. The third-order valence-electron chi connectivity index (χ3n) is 3.27. The van der Waals surface area contributed by atoms with Gasteiger partial charge < -0.3 is 4.98 Å². The van der Waals surface area contributed by atoms with Gasteiger partial charge in [0.2, 0.25) is 0 Å². The second-order valence-corrected chi connectivity index (χ2v) is 6.40. The van der Waals surface area contributed by atoms with Crippen molar-refractivity contribution in [3.8, 4) is 0 Å². The maximum atomic E-state index is 12.9. The molecule has 5 nitrogen and oxygen atoms in total. The van der Waals surface area contributed by atoms with Crippen LogP contribution in [0, 0.1) is 0 Å². The largest absolute Gasteiger partial charge is 0.417 e. The highest BCUT2D eigenvalue weighted by Gasteiger charge is 2.33. The lowest BCUT2D eigenvalue weighted by molar-refractivity contribution is -0.137. The summed E-state index contributed by atoms with van der Waals surface area (Å²) >= 11 is 6.71. The highest BCUT2D eigenvalue weighted by molar-refractivity contribution is 7.98. The van der Waals surface area contributed by atoms with Crippen LogP contribution in [0.4, 0.5) is 13.2 Å². The summed E-state index contributed by atoms with van der Waals surface area (Å²) in [6.45, 7) is 0. The fraction of sp³-hybridized carbons (Fsp3) is 0.214. The minimum Gasteiger partial charge on any atom is -0.309 e. The first-order valence-corrected chi connectivity index (χ1v) is 8.02. The Morgan fingerprint density at radius 2 is 2.12 bits per heavy atom. The van der Waals surface area contributed by atoms with E-state index < -0.39 is 11.7 Å². The number of hydrogen-bond acceptors (Lipinski definition) is 4. The van der Waals surface area contributed by atoms with E-state index in [9.17, 15) is 18.0 Å². The zero-order valence-corrected chi connectivity index (χ0v) is 13.8. The Bertz CT molecular complexity index is 967. The first kappa shape index (κ1) is 16.8. The van der Waals surface area contributed by atoms with Crippen molar-refractivity contribution in [2.45, 2.75) is 16.8 Å². The van der Waals surface area contributed by atoms with Crippen LogP contribution in [0.2, 0.25) is 5.02 Å². The van der Waals surface area contributed by atoms with Crippen LogP contribution >= 0.6 is 23.4 Å². The summed E-state index contributed by atoms with van der Waals surface area (Å²) in [6.07, 6.45) is -3.11. The van der Waals surface area contributed by atoms with Crippen molar-refractivity contribution in [3.63, 3.8) is 0 Å². The van der Waals surface area contributed by atoms with Gasteiger partial charge in [0.05, 0.1) is 22.5 Å². The topological polar surface area (TPSA) is 63.6 Å². The van der Waals surface area contributed by atoms with Crippen molar-refractivity contribution in [3.05, 3.63) is 51.2 Å². The lowest BCUT2D eigenvalue weighted by Gasteiger charge is -2.10. The Morgan fingerprint density at radius 3 is 2.83 bits per heavy atom. The Labute approximate surface area is 142 Å². The van der Waals surface area contributed by atoms with Gasteiger partial charge in [-0.2, -0.15) is 18.3 Å². The molecule has 0 aliphatic carbocycles. The Balaban J connectivity index is 1.86. The summed E-state index contributed by atoms with van der Waals surface area (Å²) in [7, 11) is 1.65. The van der Waals surface area contributed by atoms with Crippen LogP contribution in [0.3, 0.4) is 0 Å². The van der Waals surface area contributed by atoms with E-state index in [0.29, 0.717) is 21.8 Å². The van der Waals surface area contributed by atoms with Gasteiger partial charge in [-0.15, -0.1) is 11.8 Å². The van der Waals surface area contributed by atoms with Crippen molar-refractivity contribution in [1.82, 2.24) is 19.7 Å². The summed E-state index contributed by atoms with van der Waals surface area (Å²) in [5.41, 5.74) is -0.810. The quantitative estimate of drug-likeness (QED) is 0.711. The van der Waals surface area contributed by atoms with Crippen LogP contribution in [0.1, 0.15) is 11.4 Å². The summed E-state index contributed by atoms with van der Waals surface area (Å²) in [5.74, 6) is 0.555. The maximum absolute atomic E-state index is 12.9. The number of nitrogens with zero attached hydrogens (tertiary/aromatic N) is 3. The van der Waals surface area contributed by atoms with Gasteiger partial charge in [0, 0.05) is 11.9 Å². The van der Waals surface area contributed by atoms with Gasteiger partial charge in [-0.3, -0.25) is 9.48 Å². The smallest absolute Gasteiger partial charge is 0.309 e. The van der Waals surface area contributed by atoms with Crippen LogP contribution in [0.25, 0.3) is 11.0 Å². The number of aromatic amines is 1. The number of hydrogen-bond donors (Lipinski definition) is 1. The molecule has 0 bridgehead atoms. The number of aryl methyl sites for hydroxylation is 1. The van der Waals surface area contributed by atoms with Crippen LogP contribution in [-0.4, -0.2) is 19.7 Å². The molecule has 10 heteroatoms. The molecule has 2 aromatic heterocycles. The zero-order valence-electron chi connectivity index (χ0n) is 12.2. The molecule has 2 heterocycles. The molecule has 3 aromatic rings. The molecule has 0 saturated carbocycles. The molecule has 0 amide bonds. The number of alkyl halides is 3. The molecule has 0 spiro atoms. The third kappa shape index (κ3) is 3.27. The summed E-state index contributed by atoms with van der Waals surface area (Å²) in [4.78, 5) is 19.2. The number of halogens is 4. The first-order valence-electron chi connectivity index (χ1n) is 6.66. The predicted molar refractivity (Wildman–Crippen MR) is 85.1 cm³/mol. The molecule has 1 N–H and O–H groups in total. The lowest BCUT2D eigenvalue weighted by atomic mass is 10.2. The number of fused-ring (bicyclic) bond motifs is 1. The van der Waals surface area contributed by atoms with Crippen LogP contribution in [-0.2, 0) is 19.0 Å². The molecular formula is C14H10ClF3N4OS. The molecule has 0 saturated heterocycles. The highest BCUT2D eigenvalue weighted by atomic mass is 35.5. The average Bonchev–Trinajstić information content (AvgIpc) is 2.87. The van der Waals surface area contributed by atoms with Crippen molar-refractivity contribution in [2.24, 2.45) is 7.05 Å². The molecule has 0 unspecified atom stereocenters. The molecule has 126 valence electrons. The van der Waals surface area contributed by atoms with Crippen LogP contribution in [0.5, 0.6) is 0 Å². The van der Waals surface area contributed by atoms with E-state index in [4.69, 9.17) is 11.6 Å². The second kappa shape index (κ2) is 6.14. The Morgan fingerprint density at radius 1 is 1.38 bits per heavy atom. The second-order valence-electron chi connectivity index (χ2n) is 4.95. The number of H-pyrrole nitrogens is 1. The Hall–Kier alpha value is -2.00. The molecule has 1 aromatic carbocycles. The molecule has 0 fully saturated rings. The standard InChI is InChI=1S/C14H10ClF3N4OS/c1-22-12-8(5-19-22)13(23)21-11(20-12)6-24-7-2-3-10(15)9(4-7)14(16,17)18/h2-5H,6H2,1H3,(H,20,21,23). The van der Waals surface area contributed by atoms with E-state index in [-0.39, 0.29) is 16.3 Å². The minimum atomic E-state index is -4.52. The third-order valence-corrected chi connectivity index (χ3v) is 4.60. The molecule has 24 heavy (non-hydrogen) atoms. The first-order chi connectivity index (χ1) is 11.3. The van der Waals surface area contributed by atoms with Crippen molar-refractivity contribution in [2.75, 3.05) is 0 Å². The van der Waals surface area contributed by atoms with Gasteiger partial charge in [0.1, 0.15) is 11.2 Å². The van der Waals surface area contributed by atoms with E-state index in [1.165, 1.54) is 23.0 Å². The van der Waals surface area contributed by atoms with Gasteiger partial charge >= 0.3 is 6.18 Å². The highest BCUT2D eigenvalue weighted by Crippen LogP contribution is 2.37. The molecule has 0 radical (unpaired) electrons. The monoisotopic (exact) mass is 374 g/mol. The van der Waals surface area contributed by atoms with E-state index in [1.807, 2.05) is 0 Å². The number of aromatic nitrogens is 4. The fourth-order valence-corrected chi connectivity index (χ4v) is 3.14. The summed E-state index contributed by atoms with van der Waals surface area (Å²) < 4.78 is 40.1. The van der Waals surface area contributed by atoms with E-state index in [1.54, 1.807) is 7.05 Å². The van der Waals surface area contributed by atoms with Crippen molar-refractivity contribution >= 4 is 34.4 Å². The molecule has 3 rings (SSSR count). The summed E-state index contributed by atoms with van der Waals surface area (Å²) in [5, 5.41) is 3.96. The van der Waals surface area contributed by atoms with E-state index in [0.717, 1.165) is 17.8 Å². The average molecular weight is 375 g/mol. The van der Waals surface area contributed by atoms with Crippen LogP contribution in [0.15, 0.2) is 34.1 Å². The predicted octanol–water partition coefficient (Wildman–Crippen LogP) is 3.62. The molecule has 0 aliphatic heterocycles. The van der Waals surface area contributed by atoms with Gasteiger partial charge in [-0.25, -0.2) is 4.98 Å². The van der Waals surface area contributed by atoms with Crippen molar-refractivity contribution in [1.29, 1.82) is 0 Å². The Kier molecular flexibility index (Phi) is 4.31. The van der Waals surface area contributed by atoms with Gasteiger partial charge in [0.15, 0.2) is 5.65 Å². The normalized spacial score (nSPS) is 12.0. The molecular weight excluding hydrogens is 365 g/mol. The van der Waals surface area contributed by atoms with Crippen LogP contribution < -0.4 is 5.56 Å². The fourth-order valence-electron chi connectivity index (χ4n) is 2.11. The SMILES string of the molecule is Cn1ncc2c(=O)[nH]c(CSc3ccc(Cl)c(C(F)(F)F)c3)nc21. The molecule has 0 atom stereocenters. The maximum Gasteiger partial charge on any atom is 0.417 e. The zero-order chi connectivity index (χ0) is 17.5. The van der Waals surface area contributed by atoms with Gasteiger partial charge in [0.25, 0.3) is 5.56 Å². The lowest BCUT2D eigenvalue weighted by Crippen LogP contribution is -2.11. The van der Waals surface area contributed by atoms with E-state index >= 15 is 0 Å². The molecule has 0 aliphatic rings. The van der Waals surface area contributed by atoms with Gasteiger partial charge in [-0.05, 0) is 18.2 Å². The van der Waals surface area contributed by atoms with Gasteiger partial charge in [-0.1, -0.05) is 11.6 Å². The number of nitrogens with one attached hydrogen (secondary N) is 1. The van der Waals surface area contributed by atoms with Crippen molar-refractivity contribution < 1.29 is 13.2 Å².